The van der Waals surface area contributed by atoms with E-state index in [-0.39, 0.29) is 30.2 Å². The van der Waals surface area contributed by atoms with Crippen molar-refractivity contribution in [3.05, 3.63) is 83.2 Å². The van der Waals surface area contributed by atoms with Gasteiger partial charge in [-0.3, -0.25) is 9.78 Å². The van der Waals surface area contributed by atoms with Crippen LogP contribution in [0.5, 0.6) is 0 Å². The number of pyridine rings is 1. The number of methoxy groups -OCH3 is 1. The van der Waals surface area contributed by atoms with Gasteiger partial charge in [0.05, 0.1) is 24.4 Å². The number of halogens is 1. The van der Waals surface area contributed by atoms with Crippen LogP contribution in [-0.4, -0.2) is 45.7 Å². The largest absolute Gasteiger partial charge is 0.383 e. The molecule has 0 radical (unpaired) electrons. The van der Waals surface area contributed by atoms with E-state index < -0.39 is 0 Å². The second kappa shape index (κ2) is 11.0. The van der Waals surface area contributed by atoms with Gasteiger partial charge in [-0.25, -0.2) is 4.39 Å². The molecule has 1 aliphatic rings. The maximum atomic E-state index is 13.2. The van der Waals surface area contributed by atoms with Crippen LogP contribution in [-0.2, 0) is 16.1 Å². The number of nitrogens with zero attached hydrogens (tertiary/aromatic N) is 3. The van der Waals surface area contributed by atoms with Crippen molar-refractivity contribution in [3.63, 3.8) is 0 Å². The van der Waals surface area contributed by atoms with Gasteiger partial charge in [0.1, 0.15) is 5.82 Å². The predicted molar refractivity (Wildman–Crippen MR) is 138 cm³/mol. The first-order valence-corrected chi connectivity index (χ1v) is 12.0. The highest BCUT2D eigenvalue weighted by molar-refractivity contribution is 7.80. The van der Waals surface area contributed by atoms with Gasteiger partial charge in [0.15, 0.2) is 5.11 Å². The fourth-order valence-corrected chi connectivity index (χ4v) is 4.95. The van der Waals surface area contributed by atoms with Crippen molar-refractivity contribution in [3.8, 4) is 0 Å². The molecule has 2 N–H and O–H groups in total. The number of thiocarbonyl (C=S) groups is 1. The van der Waals surface area contributed by atoms with E-state index in [0.717, 1.165) is 29.2 Å². The Morgan fingerprint density at radius 3 is 2.66 bits per heavy atom. The Kier molecular flexibility index (Phi) is 7.77. The summed E-state index contributed by atoms with van der Waals surface area (Å²) < 4.78 is 20.7. The molecular formula is C26H30FN5O2S. The topological polar surface area (TPSA) is 71.4 Å². The molecule has 2 unspecified atom stereocenters. The maximum Gasteiger partial charge on any atom is 0.226 e. The molecule has 0 bridgehead atoms. The quantitative estimate of drug-likeness (QED) is 0.432. The van der Waals surface area contributed by atoms with Crippen LogP contribution in [0.1, 0.15) is 41.1 Å². The summed E-state index contributed by atoms with van der Waals surface area (Å²) in [7, 11) is 1.70. The van der Waals surface area contributed by atoms with Crippen LogP contribution in [0.4, 0.5) is 10.1 Å². The van der Waals surface area contributed by atoms with Gasteiger partial charge in [-0.1, -0.05) is 6.07 Å². The standard InChI is InChI=1S/C26H30FN5O2S/c1-17-16-21(18(2)31(17)14-15-34-3)25-24(22-6-4-5-12-28-22)30-26(35)32(25)13-11-23(33)29-20-9-7-19(27)8-10-20/h4-10,12,16,24-25H,11,13-15H2,1-3H3,(H,29,33)(H,30,35). The normalized spacial score (nSPS) is 17.5. The van der Waals surface area contributed by atoms with Crippen LogP contribution >= 0.6 is 12.2 Å². The first-order valence-electron chi connectivity index (χ1n) is 11.6. The molecule has 1 saturated heterocycles. The molecule has 1 aliphatic heterocycles. The molecule has 0 saturated carbocycles. The molecule has 1 fully saturated rings. The Morgan fingerprint density at radius 2 is 1.97 bits per heavy atom. The summed E-state index contributed by atoms with van der Waals surface area (Å²) in [4.78, 5) is 19.3. The summed E-state index contributed by atoms with van der Waals surface area (Å²) in [6.07, 6.45) is 2.00. The number of hydrogen-bond acceptors (Lipinski definition) is 4. The van der Waals surface area contributed by atoms with Crippen molar-refractivity contribution >= 4 is 28.9 Å². The van der Waals surface area contributed by atoms with E-state index >= 15 is 0 Å². The fourth-order valence-electron chi connectivity index (χ4n) is 4.62. The average molecular weight is 496 g/mol. The predicted octanol–water partition coefficient (Wildman–Crippen LogP) is 4.29. The van der Waals surface area contributed by atoms with Gasteiger partial charge < -0.3 is 24.8 Å². The van der Waals surface area contributed by atoms with Crippen LogP contribution in [0, 0.1) is 19.7 Å². The number of anilines is 1. The van der Waals surface area contributed by atoms with Crippen molar-refractivity contribution in [1.29, 1.82) is 0 Å². The zero-order chi connectivity index (χ0) is 24.9. The van der Waals surface area contributed by atoms with Crippen LogP contribution in [0.3, 0.4) is 0 Å². The molecule has 3 aromatic rings. The van der Waals surface area contributed by atoms with Crippen molar-refractivity contribution in [2.24, 2.45) is 0 Å². The minimum Gasteiger partial charge on any atom is -0.383 e. The highest BCUT2D eigenvalue weighted by atomic mass is 32.1. The molecule has 1 amide bonds. The Bertz CT molecular complexity index is 1180. The number of rotatable bonds is 9. The number of aryl methyl sites for hydroxylation is 1. The minimum atomic E-state index is -0.344. The number of ether oxygens (including phenoxy) is 1. The molecule has 35 heavy (non-hydrogen) atoms. The second-order valence-electron chi connectivity index (χ2n) is 8.60. The third-order valence-electron chi connectivity index (χ3n) is 6.36. The Morgan fingerprint density at radius 1 is 1.20 bits per heavy atom. The minimum absolute atomic E-state index is 0.126. The van der Waals surface area contributed by atoms with Crippen LogP contribution in [0.15, 0.2) is 54.7 Å². The van der Waals surface area contributed by atoms with E-state index in [1.165, 1.54) is 12.1 Å². The van der Waals surface area contributed by atoms with E-state index in [4.69, 9.17) is 17.0 Å². The monoisotopic (exact) mass is 495 g/mol. The smallest absolute Gasteiger partial charge is 0.226 e. The third-order valence-corrected chi connectivity index (χ3v) is 6.71. The van der Waals surface area contributed by atoms with Crippen LogP contribution in [0.2, 0.25) is 0 Å². The molecule has 0 aliphatic carbocycles. The number of aromatic nitrogens is 2. The number of carbonyl (C=O) groups is 1. The van der Waals surface area contributed by atoms with Gasteiger partial charge in [-0.2, -0.15) is 0 Å². The highest BCUT2D eigenvalue weighted by Crippen LogP contribution is 2.40. The lowest BCUT2D eigenvalue weighted by Crippen LogP contribution is -2.33. The zero-order valence-electron chi connectivity index (χ0n) is 20.1. The molecular weight excluding hydrogens is 465 g/mol. The van der Waals surface area contributed by atoms with Gasteiger partial charge in [-0.05, 0) is 74.1 Å². The van der Waals surface area contributed by atoms with Gasteiger partial charge in [-0.15, -0.1) is 0 Å². The van der Waals surface area contributed by atoms with E-state index in [9.17, 15) is 9.18 Å². The lowest BCUT2D eigenvalue weighted by molar-refractivity contribution is -0.116. The lowest BCUT2D eigenvalue weighted by Gasteiger charge is -2.28. The zero-order valence-corrected chi connectivity index (χ0v) is 20.9. The number of amides is 1. The van der Waals surface area contributed by atoms with Gasteiger partial charge in [0.25, 0.3) is 0 Å². The molecule has 184 valence electrons. The molecule has 1 aromatic carbocycles. The van der Waals surface area contributed by atoms with E-state index in [2.05, 4.69) is 45.0 Å². The van der Waals surface area contributed by atoms with Crippen LogP contribution in [0.25, 0.3) is 0 Å². The molecule has 4 rings (SSSR count). The molecule has 9 heteroatoms. The Labute approximate surface area is 210 Å². The number of hydrogen-bond donors (Lipinski definition) is 2. The number of nitrogens with one attached hydrogen (secondary N) is 2. The number of carbonyl (C=O) groups excluding carboxylic acids is 1. The Balaban J connectivity index is 1.59. The average Bonchev–Trinajstić information content (AvgIpc) is 3.33. The Hall–Kier alpha value is -3.30. The summed E-state index contributed by atoms with van der Waals surface area (Å²) in [5, 5.41) is 6.85. The summed E-state index contributed by atoms with van der Waals surface area (Å²) in [6, 6.07) is 13.5. The number of benzene rings is 1. The van der Waals surface area contributed by atoms with Crippen molar-refractivity contribution in [1.82, 2.24) is 19.8 Å². The second-order valence-corrected chi connectivity index (χ2v) is 8.98. The van der Waals surface area contributed by atoms with Crippen molar-refractivity contribution < 1.29 is 13.9 Å². The van der Waals surface area contributed by atoms with E-state index in [1.54, 1.807) is 25.4 Å². The molecule has 3 heterocycles. The summed E-state index contributed by atoms with van der Waals surface area (Å²) >= 11 is 5.73. The molecule has 0 spiro atoms. The maximum absolute atomic E-state index is 13.2. The molecule has 2 aromatic heterocycles. The van der Waals surface area contributed by atoms with Gasteiger partial charge in [0, 0.05) is 49.9 Å². The van der Waals surface area contributed by atoms with Gasteiger partial charge in [0.2, 0.25) is 5.91 Å². The summed E-state index contributed by atoms with van der Waals surface area (Å²) in [5.41, 5.74) is 4.86. The lowest BCUT2D eigenvalue weighted by atomic mass is 9.96. The van der Waals surface area contributed by atoms with E-state index in [1.807, 2.05) is 18.2 Å². The fraction of sp³-hybridized carbons (Fsp3) is 0.346. The van der Waals surface area contributed by atoms with Crippen molar-refractivity contribution in [2.45, 2.75) is 38.9 Å². The third kappa shape index (κ3) is 5.52. The molecule has 7 nitrogen and oxygen atoms in total. The summed E-state index contributed by atoms with van der Waals surface area (Å²) in [6.45, 7) is 5.99. The first-order chi connectivity index (χ1) is 16.9. The SMILES string of the molecule is COCCn1c(C)cc(C2C(c3ccccn3)NC(=S)N2CCC(=O)Nc2ccc(F)cc2)c1C. The van der Waals surface area contributed by atoms with Gasteiger partial charge >= 0.3 is 0 Å². The summed E-state index contributed by atoms with van der Waals surface area (Å²) in [5.74, 6) is -0.506. The van der Waals surface area contributed by atoms with Crippen LogP contribution < -0.4 is 10.6 Å². The van der Waals surface area contributed by atoms with E-state index in [0.29, 0.717) is 24.0 Å². The first kappa shape index (κ1) is 24.8. The van der Waals surface area contributed by atoms with Crippen molar-refractivity contribution in [2.75, 3.05) is 25.6 Å². The molecule has 2 atom stereocenters. The highest BCUT2D eigenvalue weighted by Gasteiger charge is 2.41.